The molecule has 0 fully saturated rings. The van der Waals surface area contributed by atoms with Gasteiger partial charge in [0.1, 0.15) is 17.2 Å². The van der Waals surface area contributed by atoms with Crippen molar-refractivity contribution in [1.82, 2.24) is 9.97 Å². The molecule has 0 spiro atoms. The molecule has 1 N–H and O–H groups in total. The zero-order chi connectivity index (χ0) is 16.4. The number of quaternary nitrogens is 1. The minimum absolute atomic E-state index is 0.221. The summed E-state index contributed by atoms with van der Waals surface area (Å²) in [6.07, 6.45) is 3.76. The first-order chi connectivity index (χ1) is 11.1. The summed E-state index contributed by atoms with van der Waals surface area (Å²) in [7, 11) is 0. The average molecular weight is 331 g/mol. The van der Waals surface area contributed by atoms with E-state index in [-0.39, 0.29) is 5.82 Å². The molecule has 4 nitrogen and oxygen atoms in total. The maximum atomic E-state index is 13.3. The SMILES string of the molecule is CC[NH+]1CN(c2ccc(F)cc2)C(c2ccnc(SC)n2)=C1C. The number of hydrogen-bond donors (Lipinski definition) is 1. The van der Waals surface area contributed by atoms with Crippen molar-refractivity contribution in [2.24, 2.45) is 0 Å². The Balaban J connectivity index is 2.07. The Kier molecular flexibility index (Phi) is 4.63. The van der Waals surface area contributed by atoms with Crippen molar-refractivity contribution in [3.05, 3.63) is 53.7 Å². The highest BCUT2D eigenvalue weighted by atomic mass is 32.2. The molecule has 2 heterocycles. The van der Waals surface area contributed by atoms with Crippen LogP contribution in [-0.2, 0) is 0 Å². The van der Waals surface area contributed by atoms with Crippen LogP contribution in [0.25, 0.3) is 5.70 Å². The second-order valence-corrected chi connectivity index (χ2v) is 6.20. The van der Waals surface area contributed by atoms with Crippen LogP contribution in [0.5, 0.6) is 0 Å². The van der Waals surface area contributed by atoms with Crippen molar-refractivity contribution >= 4 is 23.1 Å². The van der Waals surface area contributed by atoms with E-state index in [0.29, 0.717) is 0 Å². The van der Waals surface area contributed by atoms with E-state index >= 15 is 0 Å². The molecule has 0 saturated carbocycles. The summed E-state index contributed by atoms with van der Waals surface area (Å²) < 4.78 is 13.3. The van der Waals surface area contributed by atoms with Gasteiger partial charge in [-0.15, -0.1) is 0 Å². The van der Waals surface area contributed by atoms with Crippen LogP contribution in [0.2, 0.25) is 0 Å². The predicted molar refractivity (Wildman–Crippen MR) is 91.7 cm³/mol. The minimum Gasteiger partial charge on any atom is -0.287 e. The van der Waals surface area contributed by atoms with Crippen LogP contribution in [0.4, 0.5) is 10.1 Å². The normalized spacial score (nSPS) is 17.9. The fourth-order valence-electron chi connectivity index (χ4n) is 2.88. The quantitative estimate of drug-likeness (QED) is 0.689. The number of benzene rings is 1. The van der Waals surface area contributed by atoms with Crippen LogP contribution in [-0.4, -0.2) is 29.4 Å². The Morgan fingerprint density at radius 1 is 1.26 bits per heavy atom. The third kappa shape index (κ3) is 3.09. The Hall–Kier alpha value is -1.92. The molecule has 2 aromatic rings. The number of thioether (sulfide) groups is 1. The van der Waals surface area contributed by atoms with Crippen LogP contribution >= 0.6 is 11.8 Å². The first-order valence-corrected chi connectivity index (χ1v) is 8.83. The molecule has 1 atom stereocenters. The summed E-state index contributed by atoms with van der Waals surface area (Å²) in [5.74, 6) is -0.221. The Bertz CT molecular complexity index is 730. The molecule has 1 unspecified atom stereocenters. The Morgan fingerprint density at radius 3 is 2.65 bits per heavy atom. The maximum absolute atomic E-state index is 13.3. The second kappa shape index (κ2) is 6.68. The molecule has 0 saturated heterocycles. The monoisotopic (exact) mass is 331 g/mol. The molecule has 23 heavy (non-hydrogen) atoms. The summed E-state index contributed by atoms with van der Waals surface area (Å²) in [6, 6.07) is 8.57. The first-order valence-electron chi connectivity index (χ1n) is 7.60. The van der Waals surface area contributed by atoms with Crippen LogP contribution in [0, 0.1) is 5.82 Å². The Labute approximate surface area is 140 Å². The second-order valence-electron chi connectivity index (χ2n) is 5.42. The van der Waals surface area contributed by atoms with Gasteiger partial charge in [0, 0.05) is 18.8 Å². The van der Waals surface area contributed by atoms with Gasteiger partial charge in [-0.3, -0.25) is 9.80 Å². The summed E-state index contributed by atoms with van der Waals surface area (Å²) >= 11 is 1.53. The molecule has 0 amide bonds. The third-order valence-corrected chi connectivity index (χ3v) is 4.69. The van der Waals surface area contributed by atoms with E-state index < -0.39 is 0 Å². The molecule has 120 valence electrons. The highest BCUT2D eigenvalue weighted by Crippen LogP contribution is 2.29. The number of anilines is 1. The van der Waals surface area contributed by atoms with E-state index in [1.54, 1.807) is 6.20 Å². The lowest BCUT2D eigenvalue weighted by Gasteiger charge is -2.20. The van der Waals surface area contributed by atoms with E-state index in [1.807, 2.05) is 24.5 Å². The summed E-state index contributed by atoms with van der Waals surface area (Å²) in [4.78, 5) is 12.5. The van der Waals surface area contributed by atoms with Gasteiger partial charge < -0.3 is 0 Å². The van der Waals surface area contributed by atoms with Gasteiger partial charge in [0.2, 0.25) is 0 Å². The van der Waals surface area contributed by atoms with E-state index in [4.69, 9.17) is 0 Å². The molecule has 1 aromatic heterocycles. The molecular weight excluding hydrogens is 311 g/mol. The van der Waals surface area contributed by atoms with Crippen LogP contribution in [0.3, 0.4) is 0 Å². The molecule has 0 aliphatic carbocycles. The number of allylic oxidation sites excluding steroid dienone is 1. The number of halogens is 1. The lowest BCUT2D eigenvalue weighted by atomic mass is 10.2. The van der Waals surface area contributed by atoms with Gasteiger partial charge in [0.25, 0.3) is 0 Å². The van der Waals surface area contributed by atoms with Gasteiger partial charge in [-0.1, -0.05) is 11.8 Å². The molecule has 1 aliphatic heterocycles. The number of nitrogens with zero attached hydrogens (tertiary/aromatic N) is 3. The predicted octanol–water partition coefficient (Wildman–Crippen LogP) is 2.41. The zero-order valence-corrected chi connectivity index (χ0v) is 14.3. The van der Waals surface area contributed by atoms with E-state index in [2.05, 4.69) is 28.7 Å². The fraction of sp³-hybridized carbons (Fsp3) is 0.294. The van der Waals surface area contributed by atoms with Crippen LogP contribution < -0.4 is 9.80 Å². The number of hydrogen-bond acceptors (Lipinski definition) is 4. The van der Waals surface area contributed by atoms with Gasteiger partial charge >= 0.3 is 0 Å². The maximum Gasteiger partial charge on any atom is 0.187 e. The topological polar surface area (TPSA) is 33.5 Å². The van der Waals surface area contributed by atoms with Crippen molar-refractivity contribution in [3.8, 4) is 0 Å². The third-order valence-electron chi connectivity index (χ3n) is 4.13. The highest BCUT2D eigenvalue weighted by Gasteiger charge is 2.33. The van der Waals surface area contributed by atoms with Gasteiger partial charge in [0.15, 0.2) is 11.8 Å². The zero-order valence-electron chi connectivity index (χ0n) is 13.5. The molecular formula is C17H20FN4S+. The average Bonchev–Trinajstić information content (AvgIpc) is 2.92. The molecule has 0 radical (unpaired) electrons. The van der Waals surface area contributed by atoms with Crippen molar-refractivity contribution < 1.29 is 9.29 Å². The summed E-state index contributed by atoms with van der Waals surface area (Å²) in [5.41, 5.74) is 4.23. The van der Waals surface area contributed by atoms with E-state index in [9.17, 15) is 4.39 Å². The van der Waals surface area contributed by atoms with E-state index in [1.165, 1.54) is 34.5 Å². The van der Waals surface area contributed by atoms with Crippen LogP contribution in [0.1, 0.15) is 19.5 Å². The van der Waals surface area contributed by atoms with Crippen molar-refractivity contribution in [1.29, 1.82) is 0 Å². The lowest BCUT2D eigenvalue weighted by Crippen LogP contribution is -3.09. The largest absolute Gasteiger partial charge is 0.287 e. The summed E-state index contributed by atoms with van der Waals surface area (Å²) in [6.45, 7) is 6.12. The molecule has 6 heteroatoms. The standard InChI is InChI=1S/C17H19FN4S/c1-4-21-11-22(14-7-5-13(18)6-8-14)16(12(21)2)15-9-10-19-17(20-15)23-3/h5-10H,4,11H2,1-3H3/p+1. The van der Waals surface area contributed by atoms with Gasteiger partial charge in [-0.05, 0) is 43.5 Å². The Morgan fingerprint density at radius 2 is 2.00 bits per heavy atom. The first kappa shape index (κ1) is 16.0. The molecule has 0 bridgehead atoms. The van der Waals surface area contributed by atoms with Crippen LogP contribution in [0.15, 0.2) is 47.4 Å². The smallest absolute Gasteiger partial charge is 0.187 e. The van der Waals surface area contributed by atoms with Gasteiger partial charge in [-0.25, -0.2) is 14.4 Å². The van der Waals surface area contributed by atoms with Crippen molar-refractivity contribution in [3.63, 3.8) is 0 Å². The number of rotatable bonds is 4. The van der Waals surface area contributed by atoms with E-state index in [0.717, 1.165) is 35.4 Å². The van der Waals surface area contributed by atoms with Gasteiger partial charge in [-0.2, -0.15) is 0 Å². The van der Waals surface area contributed by atoms with Gasteiger partial charge in [0.05, 0.1) is 12.2 Å². The highest BCUT2D eigenvalue weighted by molar-refractivity contribution is 7.98. The fourth-order valence-corrected chi connectivity index (χ4v) is 3.23. The molecule has 1 aliphatic rings. The van der Waals surface area contributed by atoms with Crippen molar-refractivity contribution in [2.45, 2.75) is 19.0 Å². The summed E-state index contributed by atoms with van der Waals surface area (Å²) in [5, 5.41) is 0.756. The number of aromatic nitrogens is 2. The molecule has 3 rings (SSSR count). The minimum atomic E-state index is -0.221. The van der Waals surface area contributed by atoms with Crippen molar-refractivity contribution in [2.75, 3.05) is 24.4 Å². The molecule has 1 aromatic carbocycles. The lowest BCUT2D eigenvalue weighted by molar-refractivity contribution is -0.851. The number of nitrogens with one attached hydrogen (secondary N) is 1.